The van der Waals surface area contributed by atoms with Gasteiger partial charge in [0, 0.05) is 16.8 Å². The Labute approximate surface area is 80.9 Å². The Morgan fingerprint density at radius 1 is 1.69 bits per heavy atom. The molecule has 2 rings (SSSR count). The lowest BCUT2D eigenvalue weighted by atomic mass is 10.2. The number of hydrogen-bond acceptors (Lipinski definition) is 4. The maximum absolute atomic E-state index is 8.65. The van der Waals surface area contributed by atoms with Crippen LogP contribution in [0.15, 0.2) is 11.4 Å². The molecule has 0 radical (unpaired) electrons. The second-order valence-electron chi connectivity index (χ2n) is 2.93. The van der Waals surface area contributed by atoms with E-state index >= 15 is 0 Å². The van der Waals surface area contributed by atoms with Crippen molar-refractivity contribution in [1.82, 2.24) is 5.32 Å². The smallest absolute Gasteiger partial charge is 0.100 e. The van der Waals surface area contributed by atoms with Crippen LogP contribution < -0.4 is 5.32 Å². The predicted octanol–water partition coefficient (Wildman–Crippen LogP) is 1.28. The maximum atomic E-state index is 8.65. The van der Waals surface area contributed by atoms with Crippen LogP contribution >= 0.6 is 11.3 Å². The zero-order valence-corrected chi connectivity index (χ0v) is 7.93. The summed E-state index contributed by atoms with van der Waals surface area (Å²) in [7, 11) is 0. The molecule has 1 saturated heterocycles. The van der Waals surface area contributed by atoms with E-state index in [-0.39, 0.29) is 6.04 Å². The fourth-order valence-corrected chi connectivity index (χ4v) is 2.24. The molecular weight excluding hydrogens is 184 g/mol. The summed E-state index contributed by atoms with van der Waals surface area (Å²) < 4.78 is 5.34. The molecule has 0 amide bonds. The third kappa shape index (κ3) is 1.89. The van der Waals surface area contributed by atoms with Crippen LogP contribution in [0.2, 0.25) is 0 Å². The van der Waals surface area contributed by atoms with Crippen LogP contribution in [-0.4, -0.2) is 19.8 Å². The van der Waals surface area contributed by atoms with Crippen LogP contribution in [0.4, 0.5) is 0 Å². The Kier molecular flexibility index (Phi) is 2.60. The Bertz CT molecular complexity index is 323. The van der Waals surface area contributed by atoms with E-state index in [1.165, 1.54) is 4.88 Å². The molecule has 1 aromatic rings. The molecule has 1 aromatic heterocycles. The molecule has 1 atom stereocenters. The zero-order valence-electron chi connectivity index (χ0n) is 7.12. The highest BCUT2D eigenvalue weighted by molar-refractivity contribution is 7.10. The van der Waals surface area contributed by atoms with Crippen molar-refractivity contribution in [2.45, 2.75) is 6.04 Å². The average Bonchev–Trinajstić information content (AvgIpc) is 2.67. The Balaban J connectivity index is 2.11. The largest absolute Gasteiger partial charge is 0.378 e. The fourth-order valence-electron chi connectivity index (χ4n) is 1.34. The first-order chi connectivity index (χ1) is 6.40. The summed E-state index contributed by atoms with van der Waals surface area (Å²) in [5.74, 6) is 0. The van der Waals surface area contributed by atoms with Crippen molar-refractivity contribution in [1.29, 1.82) is 5.26 Å². The summed E-state index contributed by atoms with van der Waals surface area (Å²) in [6, 6.07) is 4.33. The number of hydrogen-bond donors (Lipinski definition) is 1. The third-order valence-electron chi connectivity index (χ3n) is 2.01. The zero-order chi connectivity index (χ0) is 9.10. The molecule has 0 bridgehead atoms. The van der Waals surface area contributed by atoms with Gasteiger partial charge in [0.25, 0.3) is 0 Å². The number of morpholine rings is 1. The normalized spacial score (nSPS) is 22.5. The van der Waals surface area contributed by atoms with Gasteiger partial charge in [-0.25, -0.2) is 0 Å². The van der Waals surface area contributed by atoms with E-state index in [1.54, 1.807) is 11.3 Å². The molecule has 68 valence electrons. The molecule has 1 fully saturated rings. The lowest BCUT2D eigenvalue weighted by Crippen LogP contribution is -2.33. The molecule has 1 aliphatic heterocycles. The molecule has 1 unspecified atom stereocenters. The van der Waals surface area contributed by atoms with Crippen molar-refractivity contribution in [3.8, 4) is 6.07 Å². The van der Waals surface area contributed by atoms with Crippen LogP contribution in [0.5, 0.6) is 0 Å². The Hall–Kier alpha value is -0.890. The van der Waals surface area contributed by atoms with Gasteiger partial charge >= 0.3 is 0 Å². The van der Waals surface area contributed by atoms with Crippen molar-refractivity contribution in [2.75, 3.05) is 19.8 Å². The Morgan fingerprint density at radius 2 is 2.62 bits per heavy atom. The van der Waals surface area contributed by atoms with Gasteiger partial charge in [0.1, 0.15) is 6.07 Å². The van der Waals surface area contributed by atoms with Gasteiger partial charge in [0.15, 0.2) is 0 Å². The minimum absolute atomic E-state index is 0.279. The SMILES string of the molecule is N#Cc1csc(C2COCCN2)c1. The van der Waals surface area contributed by atoms with E-state index in [2.05, 4.69) is 11.4 Å². The lowest BCUT2D eigenvalue weighted by molar-refractivity contribution is 0.0779. The maximum Gasteiger partial charge on any atom is 0.100 e. The highest BCUT2D eigenvalue weighted by Crippen LogP contribution is 2.23. The standard InChI is InChI=1S/C9H10N2OS/c10-4-7-3-9(13-6-7)8-5-12-2-1-11-8/h3,6,8,11H,1-2,5H2. The summed E-state index contributed by atoms with van der Waals surface area (Å²) in [6.07, 6.45) is 0. The Morgan fingerprint density at radius 3 is 3.23 bits per heavy atom. The molecule has 0 aliphatic carbocycles. The molecule has 1 aliphatic rings. The second-order valence-corrected chi connectivity index (χ2v) is 3.87. The van der Waals surface area contributed by atoms with E-state index in [0.29, 0.717) is 6.61 Å². The summed E-state index contributed by atoms with van der Waals surface area (Å²) in [6.45, 7) is 2.39. The average molecular weight is 194 g/mol. The first-order valence-corrected chi connectivity index (χ1v) is 5.08. The van der Waals surface area contributed by atoms with Crippen LogP contribution in [0.25, 0.3) is 0 Å². The van der Waals surface area contributed by atoms with Crippen LogP contribution in [-0.2, 0) is 4.74 Å². The molecule has 0 aromatic carbocycles. The highest BCUT2D eigenvalue weighted by Gasteiger charge is 2.16. The number of nitriles is 1. The van der Waals surface area contributed by atoms with Gasteiger partial charge in [-0.3, -0.25) is 0 Å². The topological polar surface area (TPSA) is 45.0 Å². The van der Waals surface area contributed by atoms with E-state index in [4.69, 9.17) is 10.00 Å². The summed E-state index contributed by atoms with van der Waals surface area (Å²) in [5.41, 5.74) is 0.743. The molecule has 2 heterocycles. The van der Waals surface area contributed by atoms with Crippen LogP contribution in [0, 0.1) is 11.3 Å². The highest BCUT2D eigenvalue weighted by atomic mass is 32.1. The number of rotatable bonds is 1. The third-order valence-corrected chi connectivity index (χ3v) is 3.06. The van der Waals surface area contributed by atoms with Crippen LogP contribution in [0.3, 0.4) is 0 Å². The number of ether oxygens (including phenoxy) is 1. The molecule has 0 spiro atoms. The summed E-state index contributed by atoms with van der Waals surface area (Å²) in [4.78, 5) is 1.19. The van der Waals surface area contributed by atoms with Gasteiger partial charge in [-0.2, -0.15) is 5.26 Å². The molecule has 4 heteroatoms. The monoisotopic (exact) mass is 194 g/mol. The van der Waals surface area contributed by atoms with Gasteiger partial charge in [0.05, 0.1) is 24.8 Å². The quantitative estimate of drug-likeness (QED) is 0.732. The van der Waals surface area contributed by atoms with E-state index < -0.39 is 0 Å². The molecule has 1 N–H and O–H groups in total. The fraction of sp³-hybridized carbons (Fsp3) is 0.444. The number of thiophene rings is 1. The predicted molar refractivity (Wildman–Crippen MR) is 50.6 cm³/mol. The van der Waals surface area contributed by atoms with Crippen molar-refractivity contribution < 1.29 is 4.74 Å². The summed E-state index contributed by atoms with van der Waals surface area (Å²) >= 11 is 1.62. The minimum atomic E-state index is 0.279. The van der Waals surface area contributed by atoms with Crippen molar-refractivity contribution in [3.05, 3.63) is 21.9 Å². The van der Waals surface area contributed by atoms with Crippen molar-refractivity contribution in [3.63, 3.8) is 0 Å². The first kappa shape index (κ1) is 8.70. The van der Waals surface area contributed by atoms with Crippen molar-refractivity contribution in [2.24, 2.45) is 0 Å². The van der Waals surface area contributed by atoms with Gasteiger partial charge in [-0.05, 0) is 6.07 Å². The number of nitrogens with zero attached hydrogens (tertiary/aromatic N) is 1. The molecule has 0 saturated carbocycles. The van der Waals surface area contributed by atoms with E-state index in [0.717, 1.165) is 18.7 Å². The summed E-state index contributed by atoms with van der Waals surface area (Å²) in [5, 5.41) is 13.9. The van der Waals surface area contributed by atoms with Crippen LogP contribution in [0.1, 0.15) is 16.5 Å². The van der Waals surface area contributed by atoms with Gasteiger partial charge in [-0.15, -0.1) is 11.3 Å². The van der Waals surface area contributed by atoms with E-state index in [1.807, 2.05) is 11.4 Å². The molecular formula is C9H10N2OS. The van der Waals surface area contributed by atoms with Crippen molar-refractivity contribution >= 4 is 11.3 Å². The number of nitrogens with one attached hydrogen (secondary N) is 1. The van der Waals surface area contributed by atoms with E-state index in [9.17, 15) is 0 Å². The lowest BCUT2D eigenvalue weighted by Gasteiger charge is -2.22. The second kappa shape index (κ2) is 3.88. The minimum Gasteiger partial charge on any atom is -0.378 e. The van der Waals surface area contributed by atoms with Gasteiger partial charge in [0.2, 0.25) is 0 Å². The molecule has 3 nitrogen and oxygen atoms in total. The first-order valence-electron chi connectivity index (χ1n) is 4.20. The molecule has 13 heavy (non-hydrogen) atoms. The van der Waals surface area contributed by atoms with Gasteiger partial charge in [-0.1, -0.05) is 0 Å². The van der Waals surface area contributed by atoms with Gasteiger partial charge < -0.3 is 10.1 Å².